The number of carbonyl (C=O) groups is 1. The minimum atomic E-state index is -0.455. The van der Waals surface area contributed by atoms with E-state index in [1.165, 1.54) is 6.07 Å². The van der Waals surface area contributed by atoms with E-state index in [0.29, 0.717) is 42.7 Å². The van der Waals surface area contributed by atoms with Crippen LogP contribution >= 0.6 is 11.6 Å². The number of morpholine rings is 1. The molecular formula is C21H23ClN4O4. The fourth-order valence-corrected chi connectivity index (χ4v) is 4.19. The van der Waals surface area contributed by atoms with Crippen molar-refractivity contribution in [2.45, 2.75) is 12.8 Å². The molecule has 0 bridgehead atoms. The van der Waals surface area contributed by atoms with Crippen LogP contribution in [0.15, 0.2) is 36.4 Å². The highest BCUT2D eigenvalue weighted by atomic mass is 35.5. The molecule has 2 fully saturated rings. The quantitative estimate of drug-likeness (QED) is 0.571. The Kier molecular flexibility index (Phi) is 6.06. The summed E-state index contributed by atoms with van der Waals surface area (Å²) in [5, 5.41) is 15.0. The SMILES string of the molecule is O=C(Nc1ccc(N2CCCC2)c(Cl)c1)c1ccc(N2CCOCC2)c([N+](=O)[O-])c1. The van der Waals surface area contributed by atoms with Gasteiger partial charge < -0.3 is 19.9 Å². The number of anilines is 3. The maximum absolute atomic E-state index is 12.7. The smallest absolute Gasteiger partial charge is 0.293 e. The van der Waals surface area contributed by atoms with Crippen LogP contribution in [-0.2, 0) is 4.74 Å². The lowest BCUT2D eigenvalue weighted by Crippen LogP contribution is -2.36. The molecule has 0 aliphatic carbocycles. The molecule has 9 heteroatoms. The van der Waals surface area contributed by atoms with Crippen LogP contribution in [0, 0.1) is 10.1 Å². The lowest BCUT2D eigenvalue weighted by atomic mass is 10.1. The molecule has 0 spiro atoms. The van der Waals surface area contributed by atoms with Crippen LogP contribution in [0.1, 0.15) is 23.2 Å². The summed E-state index contributed by atoms with van der Waals surface area (Å²) in [7, 11) is 0. The van der Waals surface area contributed by atoms with E-state index in [-0.39, 0.29) is 11.3 Å². The van der Waals surface area contributed by atoms with E-state index in [1.54, 1.807) is 24.3 Å². The largest absolute Gasteiger partial charge is 0.378 e. The van der Waals surface area contributed by atoms with Gasteiger partial charge in [0.05, 0.1) is 28.8 Å². The van der Waals surface area contributed by atoms with E-state index < -0.39 is 10.8 Å². The van der Waals surface area contributed by atoms with E-state index in [1.807, 2.05) is 11.0 Å². The maximum Gasteiger partial charge on any atom is 0.293 e. The van der Waals surface area contributed by atoms with Crippen LogP contribution in [-0.4, -0.2) is 50.2 Å². The van der Waals surface area contributed by atoms with Gasteiger partial charge >= 0.3 is 0 Å². The van der Waals surface area contributed by atoms with Crippen LogP contribution in [0.25, 0.3) is 0 Å². The van der Waals surface area contributed by atoms with Crippen molar-refractivity contribution in [3.05, 3.63) is 57.1 Å². The number of carbonyl (C=O) groups excluding carboxylic acids is 1. The molecule has 1 N–H and O–H groups in total. The molecule has 2 aliphatic rings. The summed E-state index contributed by atoms with van der Waals surface area (Å²) in [6, 6.07) is 9.96. The van der Waals surface area contributed by atoms with Gasteiger partial charge in [-0.2, -0.15) is 0 Å². The monoisotopic (exact) mass is 430 g/mol. The van der Waals surface area contributed by atoms with Gasteiger partial charge in [0.1, 0.15) is 5.69 Å². The molecule has 8 nitrogen and oxygen atoms in total. The summed E-state index contributed by atoms with van der Waals surface area (Å²) < 4.78 is 5.31. The number of nitrogens with one attached hydrogen (secondary N) is 1. The van der Waals surface area contributed by atoms with Gasteiger partial charge in [-0.1, -0.05) is 11.6 Å². The zero-order chi connectivity index (χ0) is 21.1. The molecule has 0 unspecified atom stereocenters. The average molecular weight is 431 g/mol. The molecule has 2 aliphatic heterocycles. The summed E-state index contributed by atoms with van der Waals surface area (Å²) in [4.78, 5) is 28.0. The van der Waals surface area contributed by atoms with Crippen LogP contribution in [0.2, 0.25) is 5.02 Å². The van der Waals surface area contributed by atoms with Gasteiger partial charge in [0, 0.05) is 43.5 Å². The fourth-order valence-electron chi connectivity index (χ4n) is 3.88. The molecular weight excluding hydrogens is 408 g/mol. The van der Waals surface area contributed by atoms with Crippen molar-refractivity contribution in [2.75, 3.05) is 54.5 Å². The normalized spacial score (nSPS) is 16.6. The molecule has 0 radical (unpaired) electrons. The van der Waals surface area contributed by atoms with Crippen molar-refractivity contribution in [2.24, 2.45) is 0 Å². The predicted molar refractivity (Wildman–Crippen MR) is 117 cm³/mol. The molecule has 2 heterocycles. The maximum atomic E-state index is 12.7. The lowest BCUT2D eigenvalue weighted by molar-refractivity contribution is -0.384. The van der Waals surface area contributed by atoms with Crippen LogP contribution < -0.4 is 15.1 Å². The summed E-state index contributed by atoms with van der Waals surface area (Å²) in [5.74, 6) is -0.420. The first kappa shape index (κ1) is 20.4. The Balaban J connectivity index is 1.52. The van der Waals surface area contributed by atoms with Gasteiger partial charge in [-0.25, -0.2) is 0 Å². The molecule has 4 rings (SSSR count). The Labute approximate surface area is 179 Å². The van der Waals surface area contributed by atoms with Gasteiger partial charge in [-0.05, 0) is 43.2 Å². The number of nitro benzene ring substituents is 1. The van der Waals surface area contributed by atoms with Crippen LogP contribution in [0.3, 0.4) is 0 Å². The molecule has 1 amide bonds. The van der Waals surface area contributed by atoms with Crippen molar-refractivity contribution < 1.29 is 14.5 Å². The fraction of sp³-hybridized carbons (Fsp3) is 0.381. The molecule has 0 saturated carbocycles. The Morgan fingerprint density at radius 1 is 1.00 bits per heavy atom. The third-order valence-corrected chi connectivity index (χ3v) is 5.74. The van der Waals surface area contributed by atoms with Crippen molar-refractivity contribution in [1.82, 2.24) is 0 Å². The third kappa shape index (κ3) is 4.34. The number of nitrogens with zero attached hydrogens (tertiary/aromatic N) is 3. The summed E-state index contributed by atoms with van der Waals surface area (Å²) in [5.41, 5.74) is 2.13. The lowest BCUT2D eigenvalue weighted by Gasteiger charge is -2.28. The zero-order valence-electron chi connectivity index (χ0n) is 16.5. The Bertz CT molecular complexity index is 956. The van der Waals surface area contributed by atoms with Gasteiger partial charge in [-0.3, -0.25) is 14.9 Å². The molecule has 158 valence electrons. The van der Waals surface area contributed by atoms with Crippen molar-refractivity contribution in [3.63, 3.8) is 0 Å². The molecule has 30 heavy (non-hydrogen) atoms. The summed E-state index contributed by atoms with van der Waals surface area (Å²) in [6.07, 6.45) is 2.29. The van der Waals surface area contributed by atoms with Crippen molar-refractivity contribution in [1.29, 1.82) is 0 Å². The van der Waals surface area contributed by atoms with E-state index in [2.05, 4.69) is 10.2 Å². The standard InChI is InChI=1S/C21H23ClN4O4/c22-17-14-16(4-6-18(17)24-7-1-2-8-24)23-21(27)15-3-5-19(20(13-15)26(28)29)25-9-11-30-12-10-25/h3-6,13-14H,1-2,7-12H2,(H,23,27). The Hall–Kier alpha value is -2.84. The molecule has 0 atom stereocenters. The predicted octanol–water partition coefficient (Wildman–Crippen LogP) is 3.94. The Morgan fingerprint density at radius 2 is 1.67 bits per heavy atom. The zero-order valence-corrected chi connectivity index (χ0v) is 17.2. The second-order valence-corrected chi connectivity index (χ2v) is 7.78. The van der Waals surface area contributed by atoms with E-state index in [4.69, 9.17) is 16.3 Å². The second-order valence-electron chi connectivity index (χ2n) is 7.37. The highest BCUT2D eigenvalue weighted by Gasteiger charge is 2.23. The third-order valence-electron chi connectivity index (χ3n) is 5.44. The second kappa shape index (κ2) is 8.89. The number of nitro groups is 1. The first-order valence-electron chi connectivity index (χ1n) is 10.00. The number of halogens is 1. The highest BCUT2D eigenvalue weighted by molar-refractivity contribution is 6.33. The average Bonchev–Trinajstić information content (AvgIpc) is 3.28. The first-order valence-corrected chi connectivity index (χ1v) is 10.4. The van der Waals surface area contributed by atoms with Crippen molar-refractivity contribution >= 4 is 40.3 Å². The number of hydrogen-bond acceptors (Lipinski definition) is 6. The summed E-state index contributed by atoms with van der Waals surface area (Å²) in [6.45, 7) is 4.15. The number of amides is 1. The first-order chi connectivity index (χ1) is 14.5. The molecule has 2 aromatic rings. The molecule has 0 aromatic heterocycles. The number of rotatable bonds is 5. The highest BCUT2D eigenvalue weighted by Crippen LogP contribution is 2.32. The molecule has 2 aromatic carbocycles. The minimum absolute atomic E-state index is 0.0908. The Morgan fingerprint density at radius 3 is 2.33 bits per heavy atom. The minimum Gasteiger partial charge on any atom is -0.378 e. The topological polar surface area (TPSA) is 88.0 Å². The van der Waals surface area contributed by atoms with Crippen molar-refractivity contribution in [3.8, 4) is 0 Å². The number of ether oxygens (including phenoxy) is 1. The van der Waals surface area contributed by atoms with Crippen LogP contribution in [0.4, 0.5) is 22.7 Å². The van der Waals surface area contributed by atoms with Gasteiger partial charge in [0.15, 0.2) is 0 Å². The van der Waals surface area contributed by atoms with E-state index in [9.17, 15) is 14.9 Å². The van der Waals surface area contributed by atoms with Gasteiger partial charge in [0.25, 0.3) is 11.6 Å². The molecule has 2 saturated heterocycles. The number of benzene rings is 2. The summed E-state index contributed by atoms with van der Waals surface area (Å²) >= 11 is 6.41. The van der Waals surface area contributed by atoms with Gasteiger partial charge in [-0.15, -0.1) is 0 Å². The number of hydrogen-bond donors (Lipinski definition) is 1. The van der Waals surface area contributed by atoms with E-state index in [0.717, 1.165) is 31.6 Å². The van der Waals surface area contributed by atoms with E-state index >= 15 is 0 Å². The van der Waals surface area contributed by atoms with Crippen LogP contribution in [0.5, 0.6) is 0 Å². The van der Waals surface area contributed by atoms with Gasteiger partial charge in [0.2, 0.25) is 0 Å².